The zero-order valence-corrected chi connectivity index (χ0v) is 11.6. The molecular formula is C18H17NO2. The van der Waals surface area contributed by atoms with E-state index in [4.69, 9.17) is 14.9 Å². The van der Waals surface area contributed by atoms with E-state index in [9.17, 15) is 0 Å². The van der Waals surface area contributed by atoms with Gasteiger partial charge >= 0.3 is 0 Å². The largest absolute Gasteiger partial charge is 0.481 e. The van der Waals surface area contributed by atoms with E-state index in [-0.39, 0.29) is 6.10 Å². The van der Waals surface area contributed by atoms with Crippen molar-refractivity contribution < 1.29 is 9.15 Å². The molecule has 1 aromatic heterocycles. The molecule has 106 valence electrons. The van der Waals surface area contributed by atoms with E-state index in [1.54, 1.807) is 6.26 Å². The number of furan rings is 1. The smallest absolute Gasteiger partial charge is 0.168 e. The lowest BCUT2D eigenvalue weighted by Crippen LogP contribution is -2.17. The highest BCUT2D eigenvalue weighted by Gasteiger charge is 2.14. The summed E-state index contributed by atoms with van der Waals surface area (Å²) < 4.78 is 11.2. The molecular weight excluding hydrogens is 262 g/mol. The van der Waals surface area contributed by atoms with Crippen LogP contribution in [0.5, 0.6) is 5.75 Å². The third kappa shape index (κ3) is 3.15. The lowest BCUT2D eigenvalue weighted by atomic mass is 10.1. The highest BCUT2D eigenvalue weighted by Crippen LogP contribution is 2.25. The van der Waals surface area contributed by atoms with Crippen LogP contribution in [0, 0.1) is 0 Å². The van der Waals surface area contributed by atoms with Crippen LogP contribution in [0.2, 0.25) is 0 Å². The summed E-state index contributed by atoms with van der Waals surface area (Å²) in [6.45, 7) is 0.369. The molecule has 3 rings (SSSR count). The van der Waals surface area contributed by atoms with Gasteiger partial charge in [0.2, 0.25) is 0 Å². The second-order valence-corrected chi connectivity index (χ2v) is 4.75. The standard InChI is InChI=1S/C18H17NO2/c19-13-18(17-7-4-12-20-17)21-16-10-8-15(9-11-16)14-5-2-1-3-6-14/h1-12,18H,13,19H2. The van der Waals surface area contributed by atoms with Crippen molar-refractivity contribution in [1.29, 1.82) is 0 Å². The first-order chi connectivity index (χ1) is 10.4. The van der Waals surface area contributed by atoms with Crippen molar-refractivity contribution in [2.75, 3.05) is 6.54 Å². The highest BCUT2D eigenvalue weighted by molar-refractivity contribution is 5.63. The highest BCUT2D eigenvalue weighted by atomic mass is 16.5. The Balaban J connectivity index is 1.75. The first kappa shape index (κ1) is 13.5. The number of hydrogen-bond donors (Lipinski definition) is 1. The molecule has 3 aromatic rings. The summed E-state index contributed by atoms with van der Waals surface area (Å²) in [5.74, 6) is 1.52. The summed E-state index contributed by atoms with van der Waals surface area (Å²) >= 11 is 0. The molecule has 0 saturated heterocycles. The SMILES string of the molecule is NCC(Oc1ccc(-c2ccccc2)cc1)c1ccco1. The molecule has 0 aliphatic carbocycles. The third-order valence-corrected chi connectivity index (χ3v) is 3.31. The molecule has 0 aliphatic heterocycles. The zero-order valence-electron chi connectivity index (χ0n) is 11.6. The second kappa shape index (κ2) is 6.29. The molecule has 2 aromatic carbocycles. The molecule has 1 heterocycles. The van der Waals surface area contributed by atoms with Crippen molar-refractivity contribution in [3.8, 4) is 16.9 Å². The van der Waals surface area contributed by atoms with E-state index in [1.165, 1.54) is 5.56 Å². The van der Waals surface area contributed by atoms with E-state index in [0.717, 1.165) is 17.1 Å². The van der Waals surface area contributed by atoms with Crippen LogP contribution in [-0.4, -0.2) is 6.54 Å². The summed E-state index contributed by atoms with van der Waals surface area (Å²) in [6, 6.07) is 21.9. The van der Waals surface area contributed by atoms with Gasteiger partial charge in [-0.1, -0.05) is 42.5 Å². The molecule has 2 N–H and O–H groups in total. The fraction of sp³-hybridized carbons (Fsp3) is 0.111. The van der Waals surface area contributed by atoms with Crippen LogP contribution in [0.25, 0.3) is 11.1 Å². The van der Waals surface area contributed by atoms with Crippen LogP contribution in [0.15, 0.2) is 77.4 Å². The molecule has 1 unspecified atom stereocenters. The molecule has 3 heteroatoms. The Hall–Kier alpha value is -2.52. The Bertz CT molecular complexity index is 660. The van der Waals surface area contributed by atoms with Crippen molar-refractivity contribution >= 4 is 0 Å². The van der Waals surface area contributed by atoms with Gasteiger partial charge in [-0.3, -0.25) is 0 Å². The zero-order chi connectivity index (χ0) is 14.5. The maximum Gasteiger partial charge on any atom is 0.168 e. The molecule has 0 radical (unpaired) electrons. The van der Waals surface area contributed by atoms with E-state index in [1.807, 2.05) is 54.6 Å². The maximum absolute atomic E-state index is 5.88. The van der Waals surface area contributed by atoms with Gasteiger partial charge in [0.05, 0.1) is 6.26 Å². The lowest BCUT2D eigenvalue weighted by molar-refractivity contribution is 0.184. The molecule has 0 saturated carbocycles. The molecule has 0 bridgehead atoms. The number of nitrogens with two attached hydrogens (primary N) is 1. The second-order valence-electron chi connectivity index (χ2n) is 4.75. The third-order valence-electron chi connectivity index (χ3n) is 3.31. The van der Waals surface area contributed by atoms with Gasteiger partial charge in [0.25, 0.3) is 0 Å². The van der Waals surface area contributed by atoms with Gasteiger partial charge in [-0.2, -0.15) is 0 Å². The molecule has 21 heavy (non-hydrogen) atoms. The molecule has 3 nitrogen and oxygen atoms in total. The summed E-state index contributed by atoms with van der Waals surface area (Å²) in [7, 11) is 0. The number of hydrogen-bond acceptors (Lipinski definition) is 3. The molecule has 0 amide bonds. The number of rotatable bonds is 5. The predicted octanol–water partition coefficient (Wildman–Crippen LogP) is 4.03. The van der Waals surface area contributed by atoms with E-state index < -0.39 is 0 Å². The predicted molar refractivity (Wildman–Crippen MR) is 83.0 cm³/mol. The van der Waals surface area contributed by atoms with Crippen molar-refractivity contribution in [2.24, 2.45) is 5.73 Å². The van der Waals surface area contributed by atoms with Crippen LogP contribution >= 0.6 is 0 Å². The van der Waals surface area contributed by atoms with Crippen LogP contribution in [0.4, 0.5) is 0 Å². The fourth-order valence-electron chi connectivity index (χ4n) is 2.22. The molecule has 0 aliphatic rings. The van der Waals surface area contributed by atoms with Crippen LogP contribution in [0.3, 0.4) is 0 Å². The Kier molecular flexibility index (Phi) is 4.03. The van der Waals surface area contributed by atoms with Gasteiger partial charge in [0.15, 0.2) is 6.10 Å². The average molecular weight is 279 g/mol. The topological polar surface area (TPSA) is 48.4 Å². The first-order valence-electron chi connectivity index (χ1n) is 6.92. The minimum absolute atomic E-state index is 0.262. The first-order valence-corrected chi connectivity index (χ1v) is 6.92. The van der Waals surface area contributed by atoms with Gasteiger partial charge in [-0.05, 0) is 35.4 Å². The summed E-state index contributed by atoms with van der Waals surface area (Å²) in [5, 5.41) is 0. The Morgan fingerprint density at radius 3 is 2.19 bits per heavy atom. The minimum Gasteiger partial charge on any atom is -0.481 e. The van der Waals surface area contributed by atoms with Crippen molar-refractivity contribution in [3.05, 3.63) is 78.8 Å². The van der Waals surface area contributed by atoms with E-state index >= 15 is 0 Å². The number of benzene rings is 2. The normalized spacial score (nSPS) is 12.0. The van der Waals surface area contributed by atoms with Crippen LogP contribution in [0.1, 0.15) is 11.9 Å². The average Bonchev–Trinajstić information content (AvgIpc) is 3.08. The fourth-order valence-corrected chi connectivity index (χ4v) is 2.22. The van der Waals surface area contributed by atoms with Crippen molar-refractivity contribution in [2.45, 2.75) is 6.10 Å². The van der Waals surface area contributed by atoms with Crippen LogP contribution in [-0.2, 0) is 0 Å². The minimum atomic E-state index is -0.262. The van der Waals surface area contributed by atoms with E-state index in [0.29, 0.717) is 6.54 Å². The van der Waals surface area contributed by atoms with Crippen LogP contribution < -0.4 is 10.5 Å². The van der Waals surface area contributed by atoms with Crippen molar-refractivity contribution in [1.82, 2.24) is 0 Å². The Morgan fingerprint density at radius 1 is 0.857 bits per heavy atom. The van der Waals surface area contributed by atoms with Gasteiger partial charge in [-0.25, -0.2) is 0 Å². The molecule has 0 fully saturated rings. The van der Waals surface area contributed by atoms with Crippen molar-refractivity contribution in [3.63, 3.8) is 0 Å². The maximum atomic E-state index is 5.88. The van der Waals surface area contributed by atoms with Gasteiger partial charge < -0.3 is 14.9 Å². The monoisotopic (exact) mass is 279 g/mol. The molecule has 1 atom stereocenters. The van der Waals surface area contributed by atoms with E-state index in [2.05, 4.69) is 12.1 Å². The lowest BCUT2D eigenvalue weighted by Gasteiger charge is -2.15. The summed E-state index contributed by atoms with van der Waals surface area (Å²) in [5.41, 5.74) is 8.09. The summed E-state index contributed by atoms with van der Waals surface area (Å²) in [4.78, 5) is 0. The van der Waals surface area contributed by atoms with Gasteiger partial charge in [0.1, 0.15) is 11.5 Å². The quantitative estimate of drug-likeness (QED) is 0.767. The van der Waals surface area contributed by atoms with Gasteiger partial charge in [-0.15, -0.1) is 0 Å². The Morgan fingerprint density at radius 2 is 1.57 bits per heavy atom. The van der Waals surface area contributed by atoms with Gasteiger partial charge in [0, 0.05) is 6.54 Å². The Labute approximate surface area is 124 Å². The number of ether oxygens (including phenoxy) is 1. The summed E-state index contributed by atoms with van der Waals surface area (Å²) in [6.07, 6.45) is 1.36. The molecule has 0 spiro atoms.